The summed E-state index contributed by atoms with van der Waals surface area (Å²) in [5.41, 5.74) is 11.3. The third-order valence-electron chi connectivity index (χ3n) is 4.47. The number of hydrogen-bond acceptors (Lipinski definition) is 7. The van der Waals surface area contributed by atoms with Crippen LogP contribution in [-0.4, -0.2) is 82.7 Å². The number of fused-ring (bicyclic) bond motifs is 1. The third kappa shape index (κ3) is 3.56. The number of rotatable bonds is 7. The molecule has 9 nitrogen and oxygen atoms in total. The van der Waals surface area contributed by atoms with Crippen LogP contribution in [0.25, 0.3) is 0 Å². The molecule has 1 fully saturated rings. The number of hydrogen-bond donors (Lipinski definition) is 3. The van der Waals surface area contributed by atoms with Crippen molar-refractivity contribution in [1.29, 1.82) is 0 Å². The third-order valence-corrected chi connectivity index (χ3v) is 5.80. The lowest BCUT2D eigenvalue weighted by Gasteiger charge is -2.49. The molecule has 0 unspecified atom stereocenters. The fraction of sp³-hybridized carbons (Fsp3) is 0.533. The van der Waals surface area contributed by atoms with Gasteiger partial charge in [0, 0.05) is 5.75 Å². The lowest BCUT2D eigenvalue weighted by Crippen LogP contribution is -2.69. The highest BCUT2D eigenvalue weighted by Crippen LogP contribution is 2.39. The highest BCUT2D eigenvalue weighted by atomic mass is 32.2. The van der Waals surface area contributed by atoms with Crippen LogP contribution in [0, 0.1) is 0 Å². The van der Waals surface area contributed by atoms with E-state index in [9.17, 15) is 24.6 Å². The fourth-order valence-electron chi connectivity index (χ4n) is 2.91. The molecule has 0 aromatic carbocycles. The van der Waals surface area contributed by atoms with Gasteiger partial charge < -0.3 is 31.0 Å². The SMILES string of the molecule is C[N+](C)(C/C=C/C1=C(C(=O)[O-])N2C(=O)[C@@H](N)[C@H]2SC1)[C@H](CO)C(N)=O. The maximum atomic E-state index is 11.8. The Morgan fingerprint density at radius 1 is 1.52 bits per heavy atom. The maximum Gasteiger partial charge on any atom is 0.278 e. The number of carbonyl (C=O) groups is 3. The Kier molecular flexibility index (Phi) is 5.57. The van der Waals surface area contributed by atoms with Crippen LogP contribution in [0.15, 0.2) is 23.4 Å². The number of carboxylic acid groups (broad SMARTS) is 1. The molecular weight excluding hydrogens is 348 g/mol. The number of thioether (sulfide) groups is 1. The number of nitrogens with zero attached hydrogens (tertiary/aromatic N) is 2. The number of likely N-dealkylation sites (N-methyl/N-ethyl adjacent to an activating group) is 1. The van der Waals surface area contributed by atoms with Crippen molar-refractivity contribution >= 4 is 29.5 Å². The molecule has 0 radical (unpaired) electrons. The minimum atomic E-state index is -1.43. The van der Waals surface area contributed by atoms with Crippen LogP contribution in [0.4, 0.5) is 0 Å². The van der Waals surface area contributed by atoms with E-state index in [1.165, 1.54) is 11.8 Å². The topological polar surface area (TPSA) is 150 Å². The van der Waals surface area contributed by atoms with Gasteiger partial charge in [-0.15, -0.1) is 11.8 Å². The summed E-state index contributed by atoms with van der Waals surface area (Å²) in [6.45, 7) is -0.0551. The van der Waals surface area contributed by atoms with Crippen LogP contribution < -0.4 is 16.6 Å². The van der Waals surface area contributed by atoms with Crippen molar-refractivity contribution in [3.63, 3.8) is 0 Å². The Morgan fingerprint density at radius 2 is 2.16 bits per heavy atom. The van der Waals surface area contributed by atoms with E-state index in [1.54, 1.807) is 26.2 Å². The van der Waals surface area contributed by atoms with Crippen LogP contribution >= 0.6 is 11.8 Å². The van der Waals surface area contributed by atoms with Crippen LogP contribution in [0.5, 0.6) is 0 Å². The van der Waals surface area contributed by atoms with Crippen LogP contribution in [0.3, 0.4) is 0 Å². The van der Waals surface area contributed by atoms with Crippen LogP contribution in [0.2, 0.25) is 0 Å². The van der Waals surface area contributed by atoms with E-state index in [0.29, 0.717) is 17.9 Å². The van der Waals surface area contributed by atoms with E-state index in [1.807, 2.05) is 0 Å². The average Bonchev–Trinajstić information content (AvgIpc) is 2.52. The summed E-state index contributed by atoms with van der Waals surface area (Å²) >= 11 is 1.39. The molecule has 0 aliphatic carbocycles. The zero-order valence-corrected chi connectivity index (χ0v) is 14.9. The Morgan fingerprint density at radius 3 is 2.68 bits per heavy atom. The van der Waals surface area contributed by atoms with Crippen molar-refractivity contribution in [3.05, 3.63) is 23.4 Å². The first-order valence-electron chi connectivity index (χ1n) is 7.66. The number of amides is 2. The monoisotopic (exact) mass is 370 g/mol. The zero-order chi connectivity index (χ0) is 18.9. The molecule has 2 heterocycles. The molecule has 2 aliphatic heterocycles. The summed E-state index contributed by atoms with van der Waals surface area (Å²) in [4.78, 5) is 35.9. The summed E-state index contributed by atoms with van der Waals surface area (Å²) < 4.78 is 0.111. The highest BCUT2D eigenvalue weighted by Gasteiger charge is 2.49. The van der Waals surface area contributed by atoms with Gasteiger partial charge in [0.2, 0.25) is 5.91 Å². The van der Waals surface area contributed by atoms with Gasteiger partial charge in [0.1, 0.15) is 18.0 Å². The molecule has 25 heavy (non-hydrogen) atoms. The van der Waals surface area contributed by atoms with E-state index < -0.39 is 29.9 Å². The van der Waals surface area contributed by atoms with E-state index in [0.717, 1.165) is 4.90 Å². The lowest BCUT2D eigenvalue weighted by atomic mass is 10.0. The molecule has 0 spiro atoms. The van der Waals surface area contributed by atoms with Crippen molar-refractivity contribution in [3.8, 4) is 0 Å². The largest absolute Gasteiger partial charge is 0.543 e. The van der Waals surface area contributed by atoms with E-state index in [4.69, 9.17) is 11.5 Å². The molecule has 2 amide bonds. The molecule has 10 heteroatoms. The molecule has 0 saturated carbocycles. The molecule has 5 N–H and O–H groups in total. The van der Waals surface area contributed by atoms with Crippen molar-refractivity contribution < 1.29 is 29.1 Å². The molecule has 2 rings (SSSR count). The van der Waals surface area contributed by atoms with Gasteiger partial charge in [0.05, 0.1) is 32.3 Å². The number of aliphatic carboxylic acids is 1. The first-order valence-corrected chi connectivity index (χ1v) is 8.70. The number of nitrogens with two attached hydrogens (primary N) is 2. The summed E-state index contributed by atoms with van der Waals surface area (Å²) in [5.74, 6) is -2.10. The molecule has 0 aromatic heterocycles. The molecule has 0 aromatic rings. The van der Waals surface area contributed by atoms with E-state index in [2.05, 4.69) is 0 Å². The first-order chi connectivity index (χ1) is 11.6. The summed E-state index contributed by atoms with van der Waals surface area (Å²) in [5, 5.41) is 20.4. The molecule has 3 atom stereocenters. The smallest absolute Gasteiger partial charge is 0.278 e. The Hall–Kier alpha value is -1.88. The Bertz CT molecular complexity index is 660. The van der Waals surface area contributed by atoms with Gasteiger partial charge in [-0.2, -0.15) is 0 Å². The fourth-order valence-corrected chi connectivity index (χ4v) is 4.17. The van der Waals surface area contributed by atoms with E-state index in [-0.39, 0.29) is 22.2 Å². The normalized spacial score (nSPS) is 25.0. The predicted octanol–water partition coefficient (Wildman–Crippen LogP) is -3.29. The number of β-lactam (4-membered cyclic amide) rings is 1. The van der Waals surface area contributed by atoms with Gasteiger partial charge in [-0.1, -0.05) is 6.08 Å². The molecule has 0 bridgehead atoms. The number of carboxylic acids is 1. The minimum absolute atomic E-state index is 0.111. The number of allylic oxidation sites excluding steroid dienone is 1. The van der Waals surface area contributed by atoms with E-state index >= 15 is 0 Å². The van der Waals surface area contributed by atoms with Crippen molar-refractivity contribution in [2.24, 2.45) is 11.5 Å². The number of primary amides is 1. The number of carbonyl (C=O) groups excluding carboxylic acids is 3. The zero-order valence-electron chi connectivity index (χ0n) is 14.0. The molecule has 138 valence electrons. The number of quaternary nitrogens is 1. The number of aliphatic hydroxyl groups is 1. The standard InChI is InChI=1S/C15H22N4O5S/c1-19(2,9(6-20)12(17)21)5-3-4-8-7-25-14-10(16)13(22)18(14)11(8)15(23)24/h3-4,9-10,14,20H,5-7,16H2,1-2H3,(H2-,17,21,23,24)/b4-3+/t9-,10-,14-/m1/s1. The van der Waals surface area contributed by atoms with Gasteiger partial charge in [-0.05, 0) is 11.6 Å². The Balaban J connectivity index is 2.20. The van der Waals surface area contributed by atoms with Gasteiger partial charge in [-0.25, -0.2) is 0 Å². The van der Waals surface area contributed by atoms with Crippen molar-refractivity contribution in [1.82, 2.24) is 4.90 Å². The van der Waals surface area contributed by atoms with Gasteiger partial charge in [0.15, 0.2) is 6.04 Å². The van der Waals surface area contributed by atoms with Gasteiger partial charge >= 0.3 is 0 Å². The summed E-state index contributed by atoms with van der Waals surface area (Å²) in [7, 11) is 3.46. The Labute approximate surface area is 149 Å². The first kappa shape index (κ1) is 19.4. The second-order valence-corrected chi connectivity index (χ2v) is 7.67. The molecule has 1 saturated heterocycles. The predicted molar refractivity (Wildman–Crippen MR) is 89.3 cm³/mol. The van der Waals surface area contributed by atoms with Gasteiger partial charge in [0.25, 0.3) is 5.91 Å². The van der Waals surface area contributed by atoms with Gasteiger partial charge in [-0.3, -0.25) is 14.5 Å². The average molecular weight is 370 g/mol. The molecule has 2 aliphatic rings. The minimum Gasteiger partial charge on any atom is -0.543 e. The molecular formula is C15H22N4O5S. The van der Waals surface area contributed by atoms with Crippen molar-refractivity contribution in [2.45, 2.75) is 17.5 Å². The van der Waals surface area contributed by atoms with Crippen LogP contribution in [0.1, 0.15) is 0 Å². The maximum absolute atomic E-state index is 11.8. The second kappa shape index (κ2) is 7.16. The lowest BCUT2D eigenvalue weighted by molar-refractivity contribution is -0.900. The summed E-state index contributed by atoms with van der Waals surface area (Å²) in [6, 6.07) is -1.47. The van der Waals surface area contributed by atoms with Crippen molar-refractivity contribution in [2.75, 3.05) is 33.0 Å². The summed E-state index contributed by atoms with van der Waals surface area (Å²) in [6.07, 6.45) is 3.29. The second-order valence-electron chi connectivity index (χ2n) is 6.56. The highest BCUT2D eigenvalue weighted by molar-refractivity contribution is 8.00. The quantitative estimate of drug-likeness (QED) is 0.314. The number of aliphatic hydroxyl groups excluding tert-OH is 1. The van der Waals surface area contributed by atoms with Crippen LogP contribution in [-0.2, 0) is 14.4 Å².